The van der Waals surface area contributed by atoms with Crippen LogP contribution >= 0.6 is 0 Å². The Balaban J connectivity index is 2.30. The molecule has 3 rings (SSSR count). The Bertz CT molecular complexity index is 1240. The summed E-state index contributed by atoms with van der Waals surface area (Å²) in [5.41, 5.74) is 0.189. The monoisotopic (exact) mass is 469 g/mol. The molecule has 180 valence electrons. The highest BCUT2D eigenvalue weighted by molar-refractivity contribution is 6.16. The number of carboxylic acid groups (broad SMARTS) is 1. The van der Waals surface area contributed by atoms with Crippen LogP contribution < -0.4 is 14.2 Å². The highest BCUT2D eigenvalue weighted by Crippen LogP contribution is 2.39. The van der Waals surface area contributed by atoms with Crippen molar-refractivity contribution in [2.75, 3.05) is 14.2 Å². The zero-order chi connectivity index (χ0) is 25.2. The minimum atomic E-state index is -1.02. The Labute approximate surface area is 197 Å². The molecular formula is C26H28FNO6. The molecule has 1 N–H and O–H groups in total. The van der Waals surface area contributed by atoms with Gasteiger partial charge < -0.3 is 19.3 Å². The fraction of sp³-hybridized carbons (Fsp3) is 0.346. The van der Waals surface area contributed by atoms with E-state index in [0.29, 0.717) is 33.6 Å². The molecule has 3 aromatic rings. The van der Waals surface area contributed by atoms with Gasteiger partial charge in [0.25, 0.3) is 0 Å². The van der Waals surface area contributed by atoms with Crippen molar-refractivity contribution in [3.63, 3.8) is 0 Å². The first kappa shape index (κ1) is 25.0. The Morgan fingerprint density at radius 1 is 0.971 bits per heavy atom. The zero-order valence-electron chi connectivity index (χ0n) is 20.0. The maximum atomic E-state index is 14.7. The second-order valence-electron chi connectivity index (χ2n) is 8.51. The van der Waals surface area contributed by atoms with E-state index in [4.69, 9.17) is 14.2 Å². The minimum absolute atomic E-state index is 0.0341. The molecule has 7 nitrogen and oxygen atoms in total. The third-order valence-electron chi connectivity index (χ3n) is 5.46. The van der Waals surface area contributed by atoms with Crippen LogP contribution in [0.3, 0.4) is 0 Å². The molecule has 0 fully saturated rings. The maximum Gasteiger partial charge on any atom is 0.311 e. The van der Waals surface area contributed by atoms with Gasteiger partial charge in [0.2, 0.25) is 5.78 Å². The first-order valence-corrected chi connectivity index (χ1v) is 10.9. The van der Waals surface area contributed by atoms with Gasteiger partial charge in [-0.2, -0.15) is 0 Å². The van der Waals surface area contributed by atoms with Crippen LogP contribution in [0.4, 0.5) is 4.39 Å². The lowest BCUT2D eigenvalue weighted by atomic mass is 9.85. The van der Waals surface area contributed by atoms with Crippen molar-refractivity contribution >= 4 is 22.5 Å². The quantitative estimate of drug-likeness (QED) is 0.429. The van der Waals surface area contributed by atoms with E-state index in [9.17, 15) is 19.1 Å². The molecule has 1 unspecified atom stereocenters. The lowest BCUT2D eigenvalue weighted by molar-refractivity contribution is -0.139. The first-order valence-electron chi connectivity index (χ1n) is 10.9. The number of halogens is 1. The molecule has 0 radical (unpaired) electrons. The molecule has 0 saturated carbocycles. The second kappa shape index (κ2) is 10.1. The number of aromatic nitrogens is 1. The summed E-state index contributed by atoms with van der Waals surface area (Å²) < 4.78 is 31.1. The summed E-state index contributed by atoms with van der Waals surface area (Å²) in [6, 6.07) is 7.14. The molecule has 8 heteroatoms. The van der Waals surface area contributed by atoms with Gasteiger partial charge in [-0.25, -0.2) is 4.39 Å². The number of methoxy groups -OCH3 is 2. The van der Waals surface area contributed by atoms with E-state index < -0.39 is 23.5 Å². The van der Waals surface area contributed by atoms with Crippen molar-refractivity contribution < 1.29 is 33.3 Å². The summed E-state index contributed by atoms with van der Waals surface area (Å²) in [5.74, 6) is -2.47. The van der Waals surface area contributed by atoms with E-state index in [1.165, 1.54) is 38.6 Å². The van der Waals surface area contributed by atoms with Gasteiger partial charge in [0.15, 0.2) is 11.5 Å². The highest BCUT2D eigenvalue weighted by Gasteiger charge is 2.29. The molecule has 0 saturated heterocycles. The largest absolute Gasteiger partial charge is 0.493 e. The van der Waals surface area contributed by atoms with E-state index in [1.807, 2.05) is 13.8 Å². The number of pyridine rings is 1. The normalized spacial score (nSPS) is 12.1. The summed E-state index contributed by atoms with van der Waals surface area (Å²) >= 11 is 0. The van der Waals surface area contributed by atoms with Gasteiger partial charge in [0, 0.05) is 11.6 Å². The lowest BCUT2D eigenvalue weighted by Crippen LogP contribution is -2.19. The average molecular weight is 470 g/mol. The average Bonchev–Trinajstić information content (AvgIpc) is 2.78. The minimum Gasteiger partial charge on any atom is -0.493 e. The van der Waals surface area contributed by atoms with Crippen LogP contribution in [0.1, 0.15) is 55.2 Å². The van der Waals surface area contributed by atoms with Crippen LogP contribution in [0, 0.1) is 11.7 Å². The van der Waals surface area contributed by atoms with Crippen LogP contribution in [0.15, 0.2) is 36.5 Å². The molecule has 0 aliphatic rings. The molecule has 0 spiro atoms. The number of carbonyl (C=O) groups excluding carboxylic acids is 1. The van der Waals surface area contributed by atoms with Crippen LogP contribution in [-0.4, -0.2) is 42.2 Å². The number of carboxylic acids is 1. The van der Waals surface area contributed by atoms with Crippen LogP contribution in [-0.2, 0) is 4.79 Å². The Morgan fingerprint density at radius 3 is 2.12 bits per heavy atom. The summed E-state index contributed by atoms with van der Waals surface area (Å²) in [4.78, 5) is 29.8. The third-order valence-corrected chi connectivity index (χ3v) is 5.46. The molecule has 0 aliphatic heterocycles. The predicted octanol–water partition coefficient (Wildman–Crippen LogP) is 5.23. The predicted molar refractivity (Wildman–Crippen MR) is 126 cm³/mol. The van der Waals surface area contributed by atoms with Crippen molar-refractivity contribution in [1.82, 2.24) is 4.98 Å². The number of carbonyl (C=O) groups is 2. The van der Waals surface area contributed by atoms with Gasteiger partial charge in [0.05, 0.1) is 31.8 Å². The molecule has 0 amide bonds. The number of benzene rings is 2. The number of aliphatic carboxylic acids is 1. The molecule has 1 heterocycles. The fourth-order valence-corrected chi connectivity index (χ4v) is 3.94. The third kappa shape index (κ3) is 4.81. The van der Waals surface area contributed by atoms with Gasteiger partial charge >= 0.3 is 5.97 Å². The smallest absolute Gasteiger partial charge is 0.311 e. The number of fused-ring (bicyclic) bond motifs is 1. The van der Waals surface area contributed by atoms with Gasteiger partial charge in [-0.05, 0) is 61.0 Å². The Morgan fingerprint density at radius 2 is 1.59 bits per heavy atom. The van der Waals surface area contributed by atoms with Gasteiger partial charge in [-0.15, -0.1) is 0 Å². The summed E-state index contributed by atoms with van der Waals surface area (Å²) in [5, 5.41) is 10.7. The Hall–Kier alpha value is -3.68. The number of nitrogens with zero attached hydrogens (tertiary/aromatic N) is 1. The molecule has 0 aliphatic carbocycles. The lowest BCUT2D eigenvalue weighted by Gasteiger charge is -2.20. The number of ketones is 1. The SMILES string of the molecule is COc1cc2c(C(C(=O)O)C(C)C)cnc(C(=O)c3cc(OC(C)C)ccc3F)c2cc1OC. The van der Waals surface area contributed by atoms with Crippen molar-refractivity contribution in [1.29, 1.82) is 0 Å². The van der Waals surface area contributed by atoms with E-state index >= 15 is 0 Å². The number of hydrogen-bond donors (Lipinski definition) is 1. The molecule has 2 aromatic carbocycles. The Kier molecular flexibility index (Phi) is 7.39. The molecule has 0 bridgehead atoms. The van der Waals surface area contributed by atoms with Crippen LogP contribution in [0.25, 0.3) is 10.8 Å². The molecular weight excluding hydrogens is 441 g/mol. The summed E-state index contributed by atoms with van der Waals surface area (Å²) in [6.07, 6.45) is 1.21. The standard InChI is InChI=1S/C26H28FNO6/c1-13(2)23(26(30)31)19-12-28-24(17-11-22(33-6)21(32-5)10-16(17)19)25(29)18-9-15(34-14(3)4)7-8-20(18)27/h7-14,23H,1-6H3,(H,30,31). The summed E-state index contributed by atoms with van der Waals surface area (Å²) in [6.45, 7) is 7.23. The maximum absolute atomic E-state index is 14.7. The molecule has 1 atom stereocenters. The van der Waals surface area contributed by atoms with Crippen molar-refractivity contribution in [2.24, 2.45) is 5.92 Å². The van der Waals surface area contributed by atoms with Crippen molar-refractivity contribution in [2.45, 2.75) is 39.7 Å². The summed E-state index contributed by atoms with van der Waals surface area (Å²) in [7, 11) is 2.91. The van der Waals surface area contributed by atoms with Crippen molar-refractivity contribution in [3.8, 4) is 17.2 Å². The van der Waals surface area contributed by atoms with Gasteiger partial charge in [-0.3, -0.25) is 14.6 Å². The van der Waals surface area contributed by atoms with Crippen molar-refractivity contribution in [3.05, 3.63) is 59.2 Å². The van der Waals surface area contributed by atoms with E-state index in [1.54, 1.807) is 26.0 Å². The molecule has 34 heavy (non-hydrogen) atoms. The molecule has 1 aromatic heterocycles. The zero-order valence-corrected chi connectivity index (χ0v) is 20.0. The number of hydrogen-bond acceptors (Lipinski definition) is 6. The van der Waals surface area contributed by atoms with E-state index in [-0.39, 0.29) is 23.3 Å². The second-order valence-corrected chi connectivity index (χ2v) is 8.51. The fourth-order valence-electron chi connectivity index (χ4n) is 3.94. The van der Waals surface area contributed by atoms with Crippen LogP contribution in [0.5, 0.6) is 17.2 Å². The topological polar surface area (TPSA) is 95.0 Å². The van der Waals surface area contributed by atoms with Gasteiger partial charge in [-0.1, -0.05) is 13.8 Å². The van der Waals surface area contributed by atoms with Crippen LogP contribution in [0.2, 0.25) is 0 Å². The first-order chi connectivity index (χ1) is 16.1. The number of ether oxygens (including phenoxy) is 3. The van der Waals surface area contributed by atoms with E-state index in [0.717, 1.165) is 0 Å². The highest BCUT2D eigenvalue weighted by atomic mass is 19.1. The van der Waals surface area contributed by atoms with Gasteiger partial charge in [0.1, 0.15) is 17.3 Å². The van der Waals surface area contributed by atoms with E-state index in [2.05, 4.69) is 4.98 Å². The number of rotatable bonds is 9.